The van der Waals surface area contributed by atoms with E-state index >= 15 is 0 Å². The van der Waals surface area contributed by atoms with E-state index in [4.69, 9.17) is 0 Å². The number of carbonyl (C=O) groups excluding carboxylic acids is 2. The Balaban J connectivity index is 3.03. The molecule has 1 unspecified atom stereocenters. The van der Waals surface area contributed by atoms with Crippen molar-refractivity contribution in [2.24, 2.45) is 11.8 Å². The second-order valence-corrected chi connectivity index (χ2v) is 6.83. The van der Waals surface area contributed by atoms with Crippen molar-refractivity contribution < 1.29 is 9.59 Å². The minimum absolute atomic E-state index is 0.0952. The molecule has 0 spiro atoms. The van der Waals surface area contributed by atoms with Crippen LogP contribution in [0.25, 0.3) is 0 Å². The van der Waals surface area contributed by atoms with Crippen molar-refractivity contribution >= 4 is 17.5 Å². The highest BCUT2D eigenvalue weighted by Gasteiger charge is 2.20. The highest BCUT2D eigenvalue weighted by molar-refractivity contribution is 6.09. The molecule has 1 aromatic carbocycles. The summed E-state index contributed by atoms with van der Waals surface area (Å²) in [6.07, 6.45) is 0.915. The van der Waals surface area contributed by atoms with E-state index < -0.39 is 5.91 Å². The second-order valence-electron chi connectivity index (χ2n) is 6.83. The van der Waals surface area contributed by atoms with E-state index in [2.05, 4.69) is 50.2 Å². The Hall–Kier alpha value is -2.28. The monoisotopic (exact) mass is 328 g/mol. The number of rotatable bonds is 6. The Morgan fingerprint density at radius 3 is 2.38 bits per heavy atom. The number of benzene rings is 1. The zero-order chi connectivity index (χ0) is 18.3. The van der Waals surface area contributed by atoms with Crippen LogP contribution in [0.3, 0.4) is 0 Å². The van der Waals surface area contributed by atoms with Crippen LogP contribution >= 0.6 is 0 Å². The first kappa shape index (κ1) is 19.8. The number of hydrogen-bond acceptors (Lipinski definition) is 2. The molecule has 0 aromatic heterocycles. The standard InChI is InChI=1S/C20H28N2O2/c1-7-8-19(23)21-18-12-15(6)9-10-16(18)20(24)22-17(14(4)5)11-13(2)3/h9-10,12-14,17H,11H2,1-6H3,(H,21,23)(H,22,24). The van der Waals surface area contributed by atoms with E-state index in [-0.39, 0.29) is 11.9 Å². The first-order chi connectivity index (χ1) is 11.2. The normalized spacial score (nSPS) is 11.7. The molecule has 2 amide bonds. The minimum atomic E-state index is -0.417. The molecule has 4 heteroatoms. The van der Waals surface area contributed by atoms with Gasteiger partial charge in [-0.3, -0.25) is 9.59 Å². The maximum atomic E-state index is 12.7. The van der Waals surface area contributed by atoms with Gasteiger partial charge in [-0.1, -0.05) is 39.7 Å². The molecule has 0 aliphatic rings. The summed E-state index contributed by atoms with van der Waals surface area (Å²) in [6.45, 7) is 12.0. The van der Waals surface area contributed by atoms with Crippen molar-refractivity contribution in [2.45, 2.75) is 54.0 Å². The highest BCUT2D eigenvalue weighted by Crippen LogP contribution is 2.19. The first-order valence-corrected chi connectivity index (χ1v) is 8.39. The summed E-state index contributed by atoms with van der Waals surface area (Å²) < 4.78 is 0. The summed E-state index contributed by atoms with van der Waals surface area (Å²) in [5.74, 6) is 5.23. The molecule has 1 atom stereocenters. The van der Waals surface area contributed by atoms with Crippen molar-refractivity contribution in [1.29, 1.82) is 0 Å². The average Bonchev–Trinajstić information content (AvgIpc) is 2.46. The third kappa shape index (κ3) is 6.08. The molecule has 0 radical (unpaired) electrons. The van der Waals surface area contributed by atoms with E-state index in [1.54, 1.807) is 19.1 Å². The van der Waals surface area contributed by atoms with Crippen LogP contribution in [0.1, 0.15) is 57.0 Å². The average molecular weight is 328 g/mol. The van der Waals surface area contributed by atoms with Gasteiger partial charge in [-0.2, -0.15) is 0 Å². The predicted octanol–water partition coefficient (Wildman–Crippen LogP) is 3.76. The van der Waals surface area contributed by atoms with Crippen molar-refractivity contribution in [3.63, 3.8) is 0 Å². The number of hydrogen-bond donors (Lipinski definition) is 2. The Labute approximate surface area is 145 Å². The first-order valence-electron chi connectivity index (χ1n) is 8.39. The van der Waals surface area contributed by atoms with E-state index in [0.717, 1.165) is 12.0 Å². The highest BCUT2D eigenvalue weighted by atomic mass is 16.2. The van der Waals surface area contributed by atoms with Gasteiger partial charge in [0.15, 0.2) is 0 Å². The number of carbonyl (C=O) groups is 2. The molecule has 0 saturated heterocycles. The van der Waals surface area contributed by atoms with Gasteiger partial charge in [-0.15, -0.1) is 0 Å². The third-order valence-electron chi connectivity index (χ3n) is 3.75. The summed E-state index contributed by atoms with van der Waals surface area (Å²) in [5, 5.41) is 5.81. The molecule has 1 aromatic rings. The van der Waals surface area contributed by atoms with Gasteiger partial charge in [-0.05, 0) is 55.7 Å². The Morgan fingerprint density at radius 1 is 1.17 bits per heavy atom. The van der Waals surface area contributed by atoms with Gasteiger partial charge in [0.2, 0.25) is 0 Å². The van der Waals surface area contributed by atoms with Gasteiger partial charge in [0, 0.05) is 6.04 Å². The number of amides is 2. The zero-order valence-electron chi connectivity index (χ0n) is 15.5. The van der Waals surface area contributed by atoms with E-state index in [0.29, 0.717) is 23.1 Å². The van der Waals surface area contributed by atoms with Crippen LogP contribution in [-0.2, 0) is 4.79 Å². The van der Waals surface area contributed by atoms with Crippen LogP contribution in [0, 0.1) is 30.6 Å². The van der Waals surface area contributed by atoms with Gasteiger partial charge in [-0.25, -0.2) is 0 Å². The molecule has 0 saturated carbocycles. The lowest BCUT2D eigenvalue weighted by molar-refractivity contribution is -0.111. The molecule has 1 rings (SSSR count). The van der Waals surface area contributed by atoms with Crippen LogP contribution in [0.4, 0.5) is 5.69 Å². The maximum Gasteiger partial charge on any atom is 0.300 e. The fourth-order valence-electron chi connectivity index (χ4n) is 2.48. The van der Waals surface area contributed by atoms with Gasteiger partial charge in [0.05, 0.1) is 11.3 Å². The van der Waals surface area contributed by atoms with Crippen LogP contribution in [0.5, 0.6) is 0 Å². The van der Waals surface area contributed by atoms with E-state index in [1.807, 2.05) is 13.0 Å². The number of anilines is 1. The van der Waals surface area contributed by atoms with Gasteiger partial charge < -0.3 is 10.6 Å². The van der Waals surface area contributed by atoms with Crippen LogP contribution in [0.2, 0.25) is 0 Å². The number of nitrogens with one attached hydrogen (secondary N) is 2. The lowest BCUT2D eigenvalue weighted by Crippen LogP contribution is -2.39. The summed E-state index contributed by atoms with van der Waals surface area (Å²) >= 11 is 0. The fourth-order valence-corrected chi connectivity index (χ4v) is 2.48. The molecular weight excluding hydrogens is 300 g/mol. The van der Waals surface area contributed by atoms with Crippen molar-refractivity contribution in [2.75, 3.05) is 5.32 Å². The molecule has 0 aliphatic carbocycles. The molecule has 0 fully saturated rings. The van der Waals surface area contributed by atoms with Crippen molar-refractivity contribution in [3.05, 3.63) is 29.3 Å². The molecule has 24 heavy (non-hydrogen) atoms. The zero-order valence-corrected chi connectivity index (χ0v) is 15.5. The molecule has 130 valence electrons. The van der Waals surface area contributed by atoms with E-state index in [1.165, 1.54) is 0 Å². The number of aryl methyl sites for hydroxylation is 1. The molecule has 4 nitrogen and oxygen atoms in total. The Morgan fingerprint density at radius 2 is 1.83 bits per heavy atom. The molecular formula is C20H28N2O2. The van der Waals surface area contributed by atoms with Crippen LogP contribution in [0.15, 0.2) is 18.2 Å². The van der Waals surface area contributed by atoms with Gasteiger partial charge >= 0.3 is 0 Å². The lowest BCUT2D eigenvalue weighted by atomic mass is 9.94. The molecule has 0 heterocycles. The maximum absolute atomic E-state index is 12.7. The molecule has 2 N–H and O–H groups in total. The van der Waals surface area contributed by atoms with Crippen molar-refractivity contribution in [1.82, 2.24) is 5.32 Å². The topological polar surface area (TPSA) is 58.2 Å². The SMILES string of the molecule is CC#CC(=O)Nc1cc(C)ccc1C(=O)NC(CC(C)C)C(C)C. The summed E-state index contributed by atoms with van der Waals surface area (Å²) in [5.41, 5.74) is 1.92. The summed E-state index contributed by atoms with van der Waals surface area (Å²) in [4.78, 5) is 24.5. The second kappa shape index (κ2) is 9.12. The van der Waals surface area contributed by atoms with Gasteiger partial charge in [0.25, 0.3) is 11.8 Å². The largest absolute Gasteiger partial charge is 0.349 e. The van der Waals surface area contributed by atoms with Crippen molar-refractivity contribution in [3.8, 4) is 11.8 Å². The smallest absolute Gasteiger partial charge is 0.300 e. The third-order valence-corrected chi connectivity index (χ3v) is 3.75. The quantitative estimate of drug-likeness (QED) is 0.781. The van der Waals surface area contributed by atoms with Crippen LogP contribution in [-0.4, -0.2) is 17.9 Å². The van der Waals surface area contributed by atoms with Gasteiger partial charge in [0.1, 0.15) is 0 Å². The lowest BCUT2D eigenvalue weighted by Gasteiger charge is -2.24. The molecule has 0 bridgehead atoms. The van der Waals surface area contributed by atoms with Crippen LogP contribution < -0.4 is 10.6 Å². The molecule has 0 aliphatic heterocycles. The van der Waals surface area contributed by atoms with E-state index in [9.17, 15) is 9.59 Å². The Bertz CT molecular complexity index is 651. The summed E-state index contributed by atoms with van der Waals surface area (Å²) in [6, 6.07) is 5.49. The fraction of sp³-hybridized carbons (Fsp3) is 0.500. The summed E-state index contributed by atoms with van der Waals surface area (Å²) in [7, 11) is 0. The predicted molar refractivity (Wildman–Crippen MR) is 98.8 cm³/mol. The minimum Gasteiger partial charge on any atom is -0.349 e. The Kier molecular flexibility index (Phi) is 7.51.